The third kappa shape index (κ3) is 7.81. The molecule has 1 amide bonds. The van der Waals surface area contributed by atoms with Gasteiger partial charge in [0.1, 0.15) is 41.4 Å². The first kappa shape index (κ1) is 35.8. The summed E-state index contributed by atoms with van der Waals surface area (Å²) in [6.07, 6.45) is -0.457. The van der Waals surface area contributed by atoms with Gasteiger partial charge in [-0.2, -0.15) is 0 Å². The predicted octanol–water partition coefficient (Wildman–Crippen LogP) is 5.49. The smallest absolute Gasteiger partial charge is 0.410 e. The molecule has 0 spiro atoms. The number of carbonyl (C=O) groups is 2. The molecule has 3 aliphatic heterocycles. The lowest BCUT2D eigenvalue weighted by Crippen LogP contribution is -2.63. The maximum Gasteiger partial charge on any atom is 0.410 e. The third-order valence-corrected chi connectivity index (χ3v) is 8.96. The first-order chi connectivity index (χ1) is 23.6. The van der Waals surface area contributed by atoms with Gasteiger partial charge in [0.15, 0.2) is 29.3 Å². The Bertz CT molecular complexity index is 1680. The monoisotopic (exact) mass is 705 g/mol. The van der Waals surface area contributed by atoms with Crippen molar-refractivity contribution in [2.45, 2.75) is 115 Å². The van der Waals surface area contributed by atoms with Crippen LogP contribution in [0.15, 0.2) is 28.9 Å². The minimum atomic E-state index is -1.59. The van der Waals surface area contributed by atoms with E-state index in [2.05, 4.69) is 15.5 Å². The van der Waals surface area contributed by atoms with Crippen LogP contribution in [0.1, 0.15) is 84.2 Å². The van der Waals surface area contributed by atoms with Crippen LogP contribution in [0.25, 0.3) is 11.3 Å². The van der Waals surface area contributed by atoms with Gasteiger partial charge >= 0.3 is 12.1 Å². The maximum atomic E-state index is 14.1. The zero-order valence-electron chi connectivity index (χ0n) is 28.9. The standard InChI is InChI=1S/C34H42F3N5O8/c1-7-27(43)47-30-25(15-20-14-24(50-39-20)18-8-10-41(11-9-18)32(44)49-33(2,3)4)46-26-17-45-34(5,6)48-31(26)29(30)42-16-23(38-40-42)19-12-21(35)28(37)22(36)13-19/h12-14,16,18,25-26,29-31H,7-11,15,17H2,1-6H3/t25-,26-,29-,30+,31+/m1/s1. The van der Waals surface area contributed by atoms with E-state index in [4.69, 9.17) is 28.2 Å². The van der Waals surface area contributed by atoms with E-state index in [9.17, 15) is 22.8 Å². The molecule has 0 unspecified atom stereocenters. The van der Waals surface area contributed by atoms with Crippen LogP contribution in [0.4, 0.5) is 18.0 Å². The summed E-state index contributed by atoms with van der Waals surface area (Å²) >= 11 is 0. The number of aromatic nitrogens is 4. The number of piperidine rings is 1. The fourth-order valence-corrected chi connectivity index (χ4v) is 6.53. The highest BCUT2D eigenvalue weighted by molar-refractivity contribution is 5.69. The molecule has 0 N–H and O–H groups in total. The van der Waals surface area contributed by atoms with E-state index in [0.717, 1.165) is 12.1 Å². The molecule has 5 heterocycles. The number of fused-ring (bicyclic) bond motifs is 1. The molecule has 3 aromatic rings. The topological polar surface area (TPSA) is 140 Å². The molecule has 16 heteroatoms. The van der Waals surface area contributed by atoms with Gasteiger partial charge in [-0.15, -0.1) is 5.10 Å². The van der Waals surface area contributed by atoms with E-state index in [1.807, 2.05) is 26.8 Å². The van der Waals surface area contributed by atoms with Crippen LogP contribution in [0.3, 0.4) is 0 Å². The largest absolute Gasteiger partial charge is 0.457 e. The van der Waals surface area contributed by atoms with Crippen molar-refractivity contribution >= 4 is 12.1 Å². The van der Waals surface area contributed by atoms with Crippen molar-refractivity contribution in [2.75, 3.05) is 19.7 Å². The van der Waals surface area contributed by atoms with Gasteiger partial charge in [0, 0.05) is 43.5 Å². The lowest BCUT2D eigenvalue weighted by Gasteiger charge is -2.50. The first-order valence-corrected chi connectivity index (χ1v) is 16.8. The van der Waals surface area contributed by atoms with Crippen LogP contribution >= 0.6 is 0 Å². The van der Waals surface area contributed by atoms with Crippen LogP contribution in [0.5, 0.6) is 0 Å². The van der Waals surface area contributed by atoms with Crippen LogP contribution in [0, 0.1) is 17.5 Å². The summed E-state index contributed by atoms with van der Waals surface area (Å²) < 4.78 is 79.4. The Balaban J connectivity index is 1.25. The molecule has 2 aromatic heterocycles. The number of ether oxygens (including phenoxy) is 5. The summed E-state index contributed by atoms with van der Waals surface area (Å²) in [7, 11) is 0. The second-order valence-corrected chi connectivity index (χ2v) is 14.3. The van der Waals surface area contributed by atoms with Crippen molar-refractivity contribution < 1.29 is 51.0 Å². The zero-order chi connectivity index (χ0) is 36.0. The average Bonchev–Trinajstić information content (AvgIpc) is 3.73. The average molecular weight is 706 g/mol. The Labute approximate surface area is 287 Å². The van der Waals surface area contributed by atoms with E-state index in [1.165, 1.54) is 10.9 Å². The second kappa shape index (κ2) is 13.9. The van der Waals surface area contributed by atoms with Crippen LogP contribution in [0.2, 0.25) is 0 Å². The SMILES string of the molecule is CCC(=O)O[C@@H]1[C@@H](n2cc(-c3cc(F)c(F)c(F)c3)nn2)[C@H]2OC(C)(C)OC[C@H]2O[C@@H]1Cc1cc(C2CCN(C(=O)OC(C)(C)C)CC2)on1. The van der Waals surface area contributed by atoms with Crippen LogP contribution in [-0.2, 0) is 34.9 Å². The van der Waals surface area contributed by atoms with Crippen molar-refractivity contribution in [3.8, 4) is 11.3 Å². The molecular weight excluding hydrogens is 663 g/mol. The van der Waals surface area contributed by atoms with E-state index in [1.54, 1.807) is 25.7 Å². The van der Waals surface area contributed by atoms with Gasteiger partial charge < -0.3 is 33.1 Å². The Kier molecular flexibility index (Phi) is 9.98. The number of nitrogens with zero attached hydrogens (tertiary/aromatic N) is 5. The normalized spacial score (nSPS) is 25.6. The molecule has 5 atom stereocenters. The fraction of sp³-hybridized carbons (Fsp3) is 0.618. The Morgan fingerprint density at radius 3 is 2.44 bits per heavy atom. The number of benzene rings is 1. The van der Waals surface area contributed by atoms with E-state index < -0.39 is 65.3 Å². The highest BCUT2D eigenvalue weighted by Crippen LogP contribution is 2.41. The van der Waals surface area contributed by atoms with E-state index >= 15 is 0 Å². The molecule has 0 aliphatic carbocycles. The summed E-state index contributed by atoms with van der Waals surface area (Å²) in [5.41, 5.74) is 0.00764. The third-order valence-electron chi connectivity index (χ3n) is 8.96. The molecule has 3 aliphatic rings. The molecule has 3 saturated heterocycles. The van der Waals surface area contributed by atoms with Crippen LogP contribution < -0.4 is 0 Å². The van der Waals surface area contributed by atoms with Crippen molar-refractivity contribution in [1.29, 1.82) is 0 Å². The Morgan fingerprint density at radius 2 is 1.78 bits per heavy atom. The van der Waals surface area contributed by atoms with Gasteiger partial charge in [-0.05, 0) is 59.6 Å². The predicted molar refractivity (Wildman–Crippen MR) is 168 cm³/mol. The van der Waals surface area contributed by atoms with Gasteiger partial charge in [-0.25, -0.2) is 22.6 Å². The van der Waals surface area contributed by atoms with E-state index in [0.29, 0.717) is 37.4 Å². The number of halogens is 3. The minimum absolute atomic E-state index is 0.0322. The highest BCUT2D eigenvalue weighted by atomic mass is 19.2. The number of hydrogen-bond donors (Lipinski definition) is 0. The maximum absolute atomic E-state index is 14.1. The Hall–Kier alpha value is -4.02. The summed E-state index contributed by atoms with van der Waals surface area (Å²) in [6, 6.07) is 2.68. The molecule has 1 aromatic carbocycles. The molecule has 272 valence electrons. The number of likely N-dealkylation sites (tertiary alicyclic amines) is 1. The van der Waals surface area contributed by atoms with Crippen molar-refractivity contribution in [1.82, 2.24) is 25.1 Å². The lowest BCUT2D eigenvalue weighted by atomic mass is 9.88. The highest BCUT2D eigenvalue weighted by Gasteiger charge is 2.54. The number of hydrogen-bond acceptors (Lipinski definition) is 11. The number of esters is 1. The Morgan fingerprint density at radius 1 is 1.08 bits per heavy atom. The van der Waals surface area contributed by atoms with Crippen molar-refractivity contribution in [3.63, 3.8) is 0 Å². The summed E-state index contributed by atoms with van der Waals surface area (Å²) in [4.78, 5) is 27.1. The van der Waals surface area contributed by atoms with Gasteiger partial charge in [0.2, 0.25) is 0 Å². The van der Waals surface area contributed by atoms with Gasteiger partial charge in [0.05, 0.1) is 18.5 Å². The second-order valence-electron chi connectivity index (χ2n) is 14.3. The quantitative estimate of drug-likeness (QED) is 0.228. The molecule has 3 fully saturated rings. The number of carbonyl (C=O) groups excluding carboxylic acids is 2. The number of amides is 1. The minimum Gasteiger partial charge on any atom is -0.457 e. The molecular formula is C34H42F3N5O8. The molecule has 0 radical (unpaired) electrons. The van der Waals surface area contributed by atoms with Gasteiger partial charge in [-0.1, -0.05) is 17.3 Å². The molecule has 0 bridgehead atoms. The van der Waals surface area contributed by atoms with Gasteiger partial charge in [-0.3, -0.25) is 4.79 Å². The molecule has 50 heavy (non-hydrogen) atoms. The summed E-state index contributed by atoms with van der Waals surface area (Å²) in [5, 5.41) is 12.7. The van der Waals surface area contributed by atoms with Crippen molar-refractivity contribution in [2.24, 2.45) is 0 Å². The van der Waals surface area contributed by atoms with E-state index in [-0.39, 0.29) is 42.7 Å². The molecule has 6 rings (SSSR count). The zero-order valence-corrected chi connectivity index (χ0v) is 28.9. The van der Waals surface area contributed by atoms with Crippen LogP contribution in [-0.4, -0.2) is 92.6 Å². The summed E-state index contributed by atoms with van der Waals surface area (Å²) in [6.45, 7) is 11.8. The lowest BCUT2D eigenvalue weighted by molar-refractivity contribution is -0.348. The number of rotatable bonds is 7. The van der Waals surface area contributed by atoms with Crippen molar-refractivity contribution in [3.05, 3.63) is 53.3 Å². The molecule has 13 nitrogen and oxygen atoms in total. The fourth-order valence-electron chi connectivity index (χ4n) is 6.53. The molecule has 0 saturated carbocycles. The first-order valence-electron chi connectivity index (χ1n) is 16.8. The summed E-state index contributed by atoms with van der Waals surface area (Å²) in [5.74, 6) is -5.16. The van der Waals surface area contributed by atoms with Gasteiger partial charge in [0.25, 0.3) is 0 Å².